The molecular formula is C18H18ClFN4O2. The van der Waals surface area contributed by atoms with Crippen LogP contribution in [0.4, 0.5) is 16.2 Å². The number of nitrogens with one attached hydrogen (secondary N) is 2. The molecule has 0 aliphatic carbocycles. The molecule has 1 aromatic heterocycles. The van der Waals surface area contributed by atoms with Crippen molar-refractivity contribution in [3.63, 3.8) is 0 Å². The Hall–Kier alpha value is -2.41. The molecule has 2 aromatic rings. The lowest BCUT2D eigenvalue weighted by atomic mass is 9.86. The summed E-state index contributed by atoms with van der Waals surface area (Å²) in [6, 6.07) is 4.32. The van der Waals surface area contributed by atoms with Crippen LogP contribution in [0.3, 0.4) is 0 Å². The number of fused-ring (bicyclic) bond motifs is 1. The maximum atomic E-state index is 14.4. The van der Waals surface area contributed by atoms with E-state index in [1.54, 1.807) is 6.07 Å². The Morgan fingerprint density at radius 1 is 1.15 bits per heavy atom. The molecular weight excluding hydrogens is 359 g/mol. The molecule has 1 atom stereocenters. The molecule has 2 N–H and O–H groups in total. The van der Waals surface area contributed by atoms with Crippen molar-refractivity contribution in [2.75, 3.05) is 23.3 Å². The maximum absolute atomic E-state index is 14.4. The van der Waals surface area contributed by atoms with Gasteiger partial charge in [-0.15, -0.1) is 0 Å². The Bertz CT molecular complexity index is 904. The molecule has 0 saturated carbocycles. The molecule has 4 rings (SSSR count). The highest BCUT2D eigenvalue weighted by molar-refractivity contribution is 6.31. The summed E-state index contributed by atoms with van der Waals surface area (Å²) >= 11 is 6.17. The largest absolute Gasteiger partial charge is 0.342 e. The van der Waals surface area contributed by atoms with E-state index < -0.39 is 11.7 Å². The molecule has 0 unspecified atom stereocenters. The Morgan fingerprint density at radius 3 is 2.65 bits per heavy atom. The molecule has 1 fully saturated rings. The summed E-state index contributed by atoms with van der Waals surface area (Å²) in [5.74, 6) is -0.991. The van der Waals surface area contributed by atoms with Crippen molar-refractivity contribution in [3.05, 3.63) is 50.5 Å². The molecule has 6 nitrogen and oxygen atoms in total. The van der Waals surface area contributed by atoms with Crippen LogP contribution in [0.15, 0.2) is 23.0 Å². The minimum absolute atomic E-state index is 0.0541. The average molecular weight is 377 g/mol. The zero-order valence-electron chi connectivity index (χ0n) is 14.0. The predicted octanol–water partition coefficient (Wildman–Crippen LogP) is 3.03. The first-order chi connectivity index (χ1) is 12.5. The molecule has 1 amide bonds. The highest BCUT2D eigenvalue weighted by atomic mass is 35.5. The van der Waals surface area contributed by atoms with Crippen molar-refractivity contribution in [1.29, 1.82) is 0 Å². The molecule has 0 bridgehead atoms. The molecule has 2 aliphatic rings. The van der Waals surface area contributed by atoms with Gasteiger partial charge in [0.1, 0.15) is 11.6 Å². The van der Waals surface area contributed by atoms with Crippen LogP contribution in [0.2, 0.25) is 5.02 Å². The Labute approximate surface area is 154 Å². The van der Waals surface area contributed by atoms with Crippen LogP contribution < -0.4 is 15.8 Å². The number of amides is 1. The summed E-state index contributed by atoms with van der Waals surface area (Å²) in [6.45, 7) is 1.61. The number of aromatic nitrogens is 2. The third-order valence-electron chi connectivity index (χ3n) is 4.94. The lowest BCUT2D eigenvalue weighted by Crippen LogP contribution is -2.36. The molecule has 3 heterocycles. The number of carbonyl (C=O) groups excluding carboxylic acids is 1. The molecule has 136 valence electrons. The fourth-order valence-corrected chi connectivity index (χ4v) is 4.00. The molecule has 2 aliphatic heterocycles. The van der Waals surface area contributed by atoms with Crippen LogP contribution in [0.1, 0.15) is 42.7 Å². The summed E-state index contributed by atoms with van der Waals surface area (Å²) in [5, 5.41) is 2.85. The summed E-state index contributed by atoms with van der Waals surface area (Å²) in [5.41, 5.74) is 0.0283. The van der Waals surface area contributed by atoms with Crippen LogP contribution in [-0.4, -0.2) is 29.0 Å². The van der Waals surface area contributed by atoms with Crippen molar-refractivity contribution in [2.45, 2.75) is 31.6 Å². The number of hydrogen-bond acceptors (Lipinski definition) is 4. The Balaban J connectivity index is 1.83. The van der Waals surface area contributed by atoms with Gasteiger partial charge in [0, 0.05) is 36.0 Å². The van der Waals surface area contributed by atoms with E-state index in [1.807, 2.05) is 4.90 Å². The van der Waals surface area contributed by atoms with Crippen LogP contribution in [0, 0.1) is 5.82 Å². The van der Waals surface area contributed by atoms with Crippen molar-refractivity contribution >= 4 is 29.3 Å². The lowest BCUT2D eigenvalue weighted by Gasteiger charge is -2.30. The standard InChI is InChI=1S/C18H18ClFN4O2/c19-11-5-4-6-12(20)14(11)10-9-13(25)21-16-15(10)17(26)23-18(22-16)24-7-2-1-3-8-24/h4-6,10H,1-3,7-9H2,(H2,21,22,23,25,26)/t10-/m0/s1. The summed E-state index contributed by atoms with van der Waals surface area (Å²) in [4.78, 5) is 34.2. The smallest absolute Gasteiger partial charge is 0.258 e. The van der Waals surface area contributed by atoms with Gasteiger partial charge >= 0.3 is 0 Å². The minimum atomic E-state index is -0.765. The number of benzene rings is 1. The number of piperidine rings is 1. The van der Waals surface area contributed by atoms with Gasteiger partial charge in [0.2, 0.25) is 11.9 Å². The van der Waals surface area contributed by atoms with Gasteiger partial charge in [-0.25, -0.2) is 4.39 Å². The van der Waals surface area contributed by atoms with Crippen LogP contribution in [0.25, 0.3) is 0 Å². The van der Waals surface area contributed by atoms with Gasteiger partial charge in [-0.05, 0) is 31.4 Å². The van der Waals surface area contributed by atoms with Gasteiger partial charge in [-0.2, -0.15) is 4.98 Å². The first-order valence-electron chi connectivity index (χ1n) is 8.67. The zero-order valence-corrected chi connectivity index (χ0v) is 14.8. The number of aromatic amines is 1. The molecule has 26 heavy (non-hydrogen) atoms. The second-order valence-electron chi connectivity index (χ2n) is 6.64. The van der Waals surface area contributed by atoms with E-state index in [-0.39, 0.29) is 39.9 Å². The van der Waals surface area contributed by atoms with Crippen molar-refractivity contribution in [2.24, 2.45) is 0 Å². The highest BCUT2D eigenvalue weighted by Crippen LogP contribution is 2.38. The quantitative estimate of drug-likeness (QED) is 0.844. The third-order valence-corrected chi connectivity index (χ3v) is 5.27. The van der Waals surface area contributed by atoms with Crippen molar-refractivity contribution in [1.82, 2.24) is 9.97 Å². The molecule has 0 radical (unpaired) electrons. The Kier molecular flexibility index (Phi) is 4.40. The van der Waals surface area contributed by atoms with E-state index in [9.17, 15) is 14.0 Å². The topological polar surface area (TPSA) is 78.1 Å². The number of carbonyl (C=O) groups is 1. The summed E-state index contributed by atoms with van der Waals surface area (Å²) < 4.78 is 14.4. The number of rotatable bonds is 2. The van der Waals surface area contributed by atoms with Gasteiger partial charge in [0.15, 0.2) is 0 Å². The van der Waals surface area contributed by atoms with Crippen LogP contribution in [-0.2, 0) is 4.79 Å². The van der Waals surface area contributed by atoms with Crippen molar-refractivity contribution in [3.8, 4) is 0 Å². The first-order valence-corrected chi connectivity index (χ1v) is 9.05. The van der Waals surface area contributed by atoms with Gasteiger partial charge in [-0.3, -0.25) is 14.6 Å². The third kappa shape index (κ3) is 2.96. The molecule has 8 heteroatoms. The van der Waals surface area contributed by atoms with E-state index in [2.05, 4.69) is 15.3 Å². The second kappa shape index (κ2) is 6.72. The van der Waals surface area contributed by atoms with Crippen LogP contribution in [0.5, 0.6) is 0 Å². The summed E-state index contributed by atoms with van der Waals surface area (Å²) in [7, 11) is 0. The van der Waals surface area contributed by atoms with Crippen molar-refractivity contribution < 1.29 is 9.18 Å². The molecule has 0 spiro atoms. The van der Waals surface area contributed by atoms with Gasteiger partial charge in [-0.1, -0.05) is 17.7 Å². The minimum Gasteiger partial charge on any atom is -0.342 e. The first kappa shape index (κ1) is 17.0. The Morgan fingerprint density at radius 2 is 1.92 bits per heavy atom. The number of hydrogen-bond donors (Lipinski definition) is 2. The molecule has 1 saturated heterocycles. The van der Waals surface area contributed by atoms with E-state index in [0.717, 1.165) is 32.4 Å². The predicted molar refractivity (Wildman–Crippen MR) is 97.4 cm³/mol. The van der Waals surface area contributed by atoms with E-state index >= 15 is 0 Å². The SMILES string of the molecule is O=C1C[C@@H](c2c(F)cccc2Cl)c2c(nc(N3CCCCC3)[nH]c2=O)N1. The number of halogens is 2. The maximum Gasteiger partial charge on any atom is 0.258 e. The lowest BCUT2D eigenvalue weighted by molar-refractivity contribution is -0.116. The van der Waals surface area contributed by atoms with Gasteiger partial charge in [0.05, 0.1) is 5.56 Å². The second-order valence-corrected chi connectivity index (χ2v) is 7.05. The average Bonchev–Trinajstić information content (AvgIpc) is 2.61. The van der Waals surface area contributed by atoms with Gasteiger partial charge in [0.25, 0.3) is 5.56 Å². The molecule has 1 aromatic carbocycles. The normalized spacial score (nSPS) is 19.8. The van der Waals surface area contributed by atoms with E-state index in [4.69, 9.17) is 11.6 Å². The monoisotopic (exact) mass is 376 g/mol. The summed E-state index contributed by atoms with van der Waals surface area (Å²) in [6.07, 6.45) is 3.15. The fraction of sp³-hybridized carbons (Fsp3) is 0.389. The van der Waals surface area contributed by atoms with E-state index in [1.165, 1.54) is 12.1 Å². The van der Waals surface area contributed by atoms with Gasteiger partial charge < -0.3 is 10.2 Å². The highest BCUT2D eigenvalue weighted by Gasteiger charge is 2.34. The number of nitrogens with zero attached hydrogens (tertiary/aromatic N) is 2. The number of H-pyrrole nitrogens is 1. The van der Waals surface area contributed by atoms with E-state index in [0.29, 0.717) is 5.95 Å². The zero-order chi connectivity index (χ0) is 18.3. The number of anilines is 2. The van der Waals surface area contributed by atoms with Crippen LogP contribution >= 0.6 is 11.6 Å². The fourth-order valence-electron chi connectivity index (χ4n) is 3.71.